The van der Waals surface area contributed by atoms with Gasteiger partial charge in [-0.3, -0.25) is 0 Å². The second kappa shape index (κ2) is 6.78. The molecule has 0 aromatic rings. The second-order valence-corrected chi connectivity index (χ2v) is 5.26. The fourth-order valence-electron chi connectivity index (χ4n) is 1.37. The lowest BCUT2D eigenvalue weighted by atomic mass is 10.1. The molecule has 0 radical (unpaired) electrons. The van der Waals surface area contributed by atoms with E-state index in [0.29, 0.717) is 5.54 Å². The van der Waals surface area contributed by atoms with Gasteiger partial charge in [0.25, 0.3) is 0 Å². The molecule has 0 spiro atoms. The van der Waals surface area contributed by atoms with E-state index in [2.05, 4.69) is 11.7 Å². The van der Waals surface area contributed by atoms with Crippen LogP contribution in [-0.2, 0) is 14.0 Å². The summed E-state index contributed by atoms with van der Waals surface area (Å²) in [6.45, 7) is 5.92. The minimum atomic E-state index is -0.560. The quantitative estimate of drug-likeness (QED) is 0.396. The zero-order valence-corrected chi connectivity index (χ0v) is 11.1. The van der Waals surface area contributed by atoms with Crippen molar-refractivity contribution >= 4 is 15.7 Å². The Bertz CT molecular complexity index is 223. The van der Waals surface area contributed by atoms with Gasteiger partial charge in [0.05, 0.1) is 7.11 Å². The van der Waals surface area contributed by atoms with Gasteiger partial charge in [-0.05, 0) is 19.4 Å². The minimum absolute atomic E-state index is 0.231. The van der Waals surface area contributed by atoms with Crippen molar-refractivity contribution in [2.24, 2.45) is 0 Å². The smallest absolute Gasteiger partial charge is 0.333 e. The third-order valence-corrected chi connectivity index (χ3v) is 4.48. The van der Waals surface area contributed by atoms with Crippen LogP contribution in [0.4, 0.5) is 0 Å². The summed E-state index contributed by atoms with van der Waals surface area (Å²) in [5.41, 5.74) is 2.29. The Balaban J connectivity index is 4.66. The highest BCUT2D eigenvalue weighted by molar-refractivity contribution is 6.31. The third-order valence-electron chi connectivity index (χ3n) is 2.56. The number of hydrogen-bond donors (Lipinski definition) is 0. The molecule has 3 nitrogen and oxygen atoms in total. The summed E-state index contributed by atoms with van der Waals surface area (Å²) in [6.07, 6.45) is 1.03. The molecule has 0 saturated carbocycles. The van der Waals surface area contributed by atoms with Gasteiger partial charge >= 0.3 is 5.97 Å². The van der Waals surface area contributed by atoms with E-state index in [1.807, 2.05) is 13.8 Å². The molecule has 0 heterocycles. The number of carbonyl (C=O) groups excluding carboxylic acids is 1. The normalized spacial score (nSPS) is 15.5. The molecule has 1 unspecified atom stereocenters. The third kappa shape index (κ3) is 3.63. The first-order chi connectivity index (χ1) is 6.58. The Hall–Kier alpha value is -0.613. The van der Waals surface area contributed by atoms with Crippen LogP contribution >= 0.6 is 0 Å². The summed E-state index contributed by atoms with van der Waals surface area (Å²) >= 11 is 0. The molecule has 0 aliphatic rings. The number of methoxy groups -OCH3 is 1. The maximum atomic E-state index is 11.3. The van der Waals surface area contributed by atoms with Crippen molar-refractivity contribution in [3.8, 4) is 0 Å². The standard InChI is InChI=1S/C10H20O3Si/c1-6-9(14-13-5)7(2)8(3)10(11)12-4/h9H,6,14H2,1-5H3. The Morgan fingerprint density at radius 1 is 1.36 bits per heavy atom. The van der Waals surface area contributed by atoms with Crippen molar-refractivity contribution in [3.63, 3.8) is 0 Å². The number of carbonyl (C=O) groups is 1. The first-order valence-corrected chi connectivity index (χ1v) is 6.22. The zero-order valence-electron chi connectivity index (χ0n) is 9.72. The fourth-order valence-corrected chi connectivity index (χ4v) is 2.56. The Labute approximate surface area is 88.4 Å². The van der Waals surface area contributed by atoms with Crippen LogP contribution in [-0.4, -0.2) is 30.0 Å². The van der Waals surface area contributed by atoms with Crippen molar-refractivity contribution in [2.75, 3.05) is 14.2 Å². The molecule has 0 fully saturated rings. The summed E-state index contributed by atoms with van der Waals surface area (Å²) < 4.78 is 9.92. The maximum Gasteiger partial charge on any atom is 0.333 e. The average Bonchev–Trinajstić information content (AvgIpc) is 2.22. The maximum absolute atomic E-state index is 11.3. The molecule has 14 heavy (non-hydrogen) atoms. The van der Waals surface area contributed by atoms with Crippen molar-refractivity contribution < 1.29 is 14.0 Å². The highest BCUT2D eigenvalue weighted by atomic mass is 28.2. The summed E-state index contributed by atoms with van der Waals surface area (Å²) in [5, 5.41) is 0. The van der Waals surface area contributed by atoms with Crippen LogP contribution in [0.2, 0.25) is 5.54 Å². The molecule has 4 heteroatoms. The van der Waals surface area contributed by atoms with Gasteiger partial charge in [-0.15, -0.1) is 0 Å². The highest BCUT2D eigenvalue weighted by Gasteiger charge is 2.15. The summed E-state index contributed by atoms with van der Waals surface area (Å²) in [4.78, 5) is 11.3. The van der Waals surface area contributed by atoms with Crippen LogP contribution in [0.15, 0.2) is 11.1 Å². The van der Waals surface area contributed by atoms with Crippen LogP contribution < -0.4 is 0 Å². The monoisotopic (exact) mass is 216 g/mol. The molecule has 0 N–H and O–H groups in total. The van der Waals surface area contributed by atoms with Crippen molar-refractivity contribution in [1.82, 2.24) is 0 Å². The summed E-state index contributed by atoms with van der Waals surface area (Å²) in [7, 11) is 2.58. The van der Waals surface area contributed by atoms with Gasteiger partial charge in [0.15, 0.2) is 9.76 Å². The van der Waals surface area contributed by atoms with E-state index in [-0.39, 0.29) is 5.97 Å². The first kappa shape index (κ1) is 13.4. The summed E-state index contributed by atoms with van der Waals surface area (Å²) in [5.74, 6) is -0.231. The number of rotatable bonds is 5. The van der Waals surface area contributed by atoms with E-state index in [1.165, 1.54) is 7.11 Å². The highest BCUT2D eigenvalue weighted by Crippen LogP contribution is 2.23. The molecule has 0 rings (SSSR count). The summed E-state index contributed by atoms with van der Waals surface area (Å²) in [6, 6.07) is 0. The Morgan fingerprint density at radius 2 is 1.93 bits per heavy atom. The van der Waals surface area contributed by atoms with Crippen molar-refractivity contribution in [2.45, 2.75) is 32.7 Å². The Kier molecular flexibility index (Phi) is 6.49. The number of allylic oxidation sites excluding steroid dienone is 1. The van der Waals surface area contributed by atoms with Gasteiger partial charge in [-0.2, -0.15) is 0 Å². The van der Waals surface area contributed by atoms with Gasteiger partial charge in [-0.1, -0.05) is 18.9 Å². The SMILES string of the molecule is CCC([SiH2]OC)C(C)=C(C)C(=O)OC. The van der Waals surface area contributed by atoms with Gasteiger partial charge in [0, 0.05) is 12.7 Å². The van der Waals surface area contributed by atoms with Crippen LogP contribution in [0.1, 0.15) is 27.2 Å². The van der Waals surface area contributed by atoms with E-state index in [9.17, 15) is 4.79 Å². The van der Waals surface area contributed by atoms with Gasteiger partial charge < -0.3 is 9.16 Å². The van der Waals surface area contributed by atoms with Crippen LogP contribution in [0.25, 0.3) is 0 Å². The lowest BCUT2D eigenvalue weighted by molar-refractivity contribution is -0.136. The molecule has 0 saturated heterocycles. The topological polar surface area (TPSA) is 35.5 Å². The van der Waals surface area contributed by atoms with Crippen LogP contribution in [0.3, 0.4) is 0 Å². The van der Waals surface area contributed by atoms with E-state index >= 15 is 0 Å². The Morgan fingerprint density at radius 3 is 2.29 bits per heavy atom. The second-order valence-electron chi connectivity index (χ2n) is 3.36. The van der Waals surface area contributed by atoms with Gasteiger partial charge in [0.2, 0.25) is 0 Å². The number of ether oxygens (including phenoxy) is 1. The van der Waals surface area contributed by atoms with Gasteiger partial charge in [-0.25, -0.2) is 4.79 Å². The van der Waals surface area contributed by atoms with E-state index < -0.39 is 9.76 Å². The zero-order chi connectivity index (χ0) is 11.1. The molecular weight excluding hydrogens is 196 g/mol. The lowest BCUT2D eigenvalue weighted by Crippen LogP contribution is -2.12. The molecule has 82 valence electrons. The van der Waals surface area contributed by atoms with E-state index in [0.717, 1.165) is 17.6 Å². The molecule has 0 amide bonds. The van der Waals surface area contributed by atoms with Crippen molar-refractivity contribution in [1.29, 1.82) is 0 Å². The van der Waals surface area contributed by atoms with E-state index in [4.69, 9.17) is 4.43 Å². The van der Waals surface area contributed by atoms with Crippen LogP contribution in [0, 0.1) is 0 Å². The fraction of sp³-hybridized carbons (Fsp3) is 0.700. The number of esters is 1. The van der Waals surface area contributed by atoms with E-state index in [1.54, 1.807) is 7.11 Å². The van der Waals surface area contributed by atoms with Crippen molar-refractivity contribution in [3.05, 3.63) is 11.1 Å². The average molecular weight is 216 g/mol. The largest absolute Gasteiger partial charge is 0.466 e. The first-order valence-electron chi connectivity index (χ1n) is 4.83. The predicted octanol–water partition coefficient (Wildman–Crippen LogP) is 1.42. The van der Waals surface area contributed by atoms with Crippen LogP contribution in [0.5, 0.6) is 0 Å². The predicted molar refractivity (Wildman–Crippen MR) is 60.0 cm³/mol. The number of hydrogen-bond acceptors (Lipinski definition) is 3. The molecule has 0 aromatic heterocycles. The molecule has 0 aliphatic heterocycles. The molecule has 0 bridgehead atoms. The molecule has 0 aliphatic carbocycles. The molecular formula is C10H20O3Si. The minimum Gasteiger partial charge on any atom is -0.466 e. The van der Waals surface area contributed by atoms with Gasteiger partial charge in [0.1, 0.15) is 0 Å². The lowest BCUT2D eigenvalue weighted by Gasteiger charge is -2.16. The molecule has 1 atom stereocenters. The molecule has 0 aromatic carbocycles.